The molecule has 1 nitrogen and oxygen atoms in total. The first-order valence-electron chi connectivity index (χ1n) is 15.1. The standard InChI is InChI=1S/C39H28Cl5F3O/c1-25-13-11-12-20-32(25)33(48)39(47)35(41,24-26-14-5-2-6-15-26)38(44,28-18-9-4-10-19-28)36(42,29-21-30(45)23-31(46)22-29)34(40)37(39,43)27-16-7-3-8-17-27/h2-23,34H,24H2,1H3. The molecule has 5 aromatic carbocycles. The van der Waals surface area contributed by atoms with Crippen LogP contribution in [0.2, 0.25) is 0 Å². The lowest BCUT2D eigenvalue weighted by atomic mass is 9.51. The summed E-state index contributed by atoms with van der Waals surface area (Å²) >= 11 is 38.8. The van der Waals surface area contributed by atoms with Crippen LogP contribution in [0.3, 0.4) is 0 Å². The van der Waals surface area contributed by atoms with Crippen molar-refractivity contribution in [3.05, 3.63) is 178 Å². The molecule has 0 N–H and O–H groups in total. The predicted molar refractivity (Wildman–Crippen MR) is 190 cm³/mol. The number of alkyl halides is 6. The highest BCUT2D eigenvalue weighted by atomic mass is 35.5. The van der Waals surface area contributed by atoms with Gasteiger partial charge in [0.25, 0.3) is 0 Å². The van der Waals surface area contributed by atoms with Crippen LogP contribution in [-0.2, 0) is 21.0 Å². The highest BCUT2D eigenvalue weighted by molar-refractivity contribution is 6.49. The molecule has 1 aliphatic carbocycles. The minimum atomic E-state index is -3.36. The number of rotatable bonds is 7. The Kier molecular flexibility index (Phi) is 9.24. The fourth-order valence-corrected chi connectivity index (χ4v) is 10.2. The first-order chi connectivity index (χ1) is 22.8. The van der Waals surface area contributed by atoms with Gasteiger partial charge in [0.2, 0.25) is 11.5 Å². The predicted octanol–water partition coefficient (Wildman–Crippen LogP) is 11.4. The van der Waals surface area contributed by atoms with E-state index in [9.17, 15) is 0 Å². The van der Waals surface area contributed by atoms with Crippen molar-refractivity contribution in [2.75, 3.05) is 0 Å². The molecular weight excluding hydrogens is 719 g/mol. The first-order valence-corrected chi connectivity index (χ1v) is 17.0. The summed E-state index contributed by atoms with van der Waals surface area (Å²) in [5.41, 5.74) is -2.47. The molecule has 0 spiro atoms. The molecule has 6 unspecified atom stereocenters. The molecule has 6 atom stereocenters. The molecule has 5 aromatic rings. The molecule has 0 bridgehead atoms. The minimum absolute atomic E-state index is 0.00568. The van der Waals surface area contributed by atoms with Gasteiger partial charge in [0.1, 0.15) is 31.1 Å². The topological polar surface area (TPSA) is 17.1 Å². The maximum absolute atomic E-state index is 19.8. The maximum atomic E-state index is 19.8. The SMILES string of the molecule is Cc1ccccc1C(=O)C1(F)C(Cl)(c2ccccc2)C(Cl)C(Cl)(c2cc(F)cc(F)c2)C(Cl)(c2ccccc2)C1(Cl)Cc1ccccc1. The Morgan fingerprint density at radius 1 is 0.646 bits per heavy atom. The number of hydrogen-bond acceptors (Lipinski definition) is 1. The second kappa shape index (κ2) is 12.7. The molecule has 9 heteroatoms. The Morgan fingerprint density at radius 3 is 1.67 bits per heavy atom. The van der Waals surface area contributed by atoms with Crippen LogP contribution in [0.25, 0.3) is 0 Å². The molecule has 0 heterocycles. The van der Waals surface area contributed by atoms with Gasteiger partial charge >= 0.3 is 0 Å². The lowest BCUT2D eigenvalue weighted by molar-refractivity contribution is -0.0126. The lowest BCUT2D eigenvalue weighted by Gasteiger charge is -2.67. The summed E-state index contributed by atoms with van der Waals surface area (Å²) in [6.45, 7) is 1.66. The van der Waals surface area contributed by atoms with Crippen LogP contribution in [-0.4, -0.2) is 21.7 Å². The number of carbonyl (C=O) groups excluding carboxylic acids is 1. The Bertz CT molecular complexity index is 1940. The highest BCUT2D eigenvalue weighted by Gasteiger charge is 2.86. The van der Waals surface area contributed by atoms with Gasteiger partial charge in [0.05, 0.1) is 5.38 Å². The van der Waals surface area contributed by atoms with Crippen molar-refractivity contribution in [1.29, 1.82) is 0 Å². The van der Waals surface area contributed by atoms with Gasteiger partial charge in [-0.1, -0.05) is 115 Å². The number of benzene rings is 5. The molecule has 6 rings (SSSR count). The molecule has 1 aliphatic rings. The Labute approximate surface area is 302 Å². The van der Waals surface area contributed by atoms with E-state index in [4.69, 9.17) is 58.0 Å². The van der Waals surface area contributed by atoms with Crippen LogP contribution in [0.15, 0.2) is 133 Å². The van der Waals surface area contributed by atoms with E-state index in [1.54, 1.807) is 104 Å². The van der Waals surface area contributed by atoms with E-state index in [0.717, 1.165) is 12.1 Å². The number of carbonyl (C=O) groups is 1. The molecule has 0 radical (unpaired) electrons. The lowest BCUT2D eigenvalue weighted by Crippen LogP contribution is -2.82. The van der Waals surface area contributed by atoms with Crippen molar-refractivity contribution in [3.8, 4) is 0 Å². The molecule has 48 heavy (non-hydrogen) atoms. The largest absolute Gasteiger partial charge is 0.290 e. The Balaban J connectivity index is 1.85. The average molecular weight is 747 g/mol. The second-order valence-electron chi connectivity index (χ2n) is 12.1. The summed E-state index contributed by atoms with van der Waals surface area (Å²) in [4.78, 5) is 5.22. The maximum Gasteiger partial charge on any atom is 0.219 e. The van der Waals surface area contributed by atoms with Gasteiger partial charge in [0.15, 0.2) is 0 Å². The quantitative estimate of drug-likeness (QED) is 0.120. The van der Waals surface area contributed by atoms with E-state index < -0.39 is 54.4 Å². The van der Waals surface area contributed by atoms with Crippen LogP contribution < -0.4 is 0 Å². The molecular formula is C39H28Cl5F3O. The van der Waals surface area contributed by atoms with Crippen molar-refractivity contribution in [2.24, 2.45) is 0 Å². The molecule has 0 aliphatic heterocycles. The van der Waals surface area contributed by atoms with Crippen molar-refractivity contribution in [1.82, 2.24) is 0 Å². The third-order valence-electron chi connectivity index (χ3n) is 9.43. The summed E-state index contributed by atoms with van der Waals surface area (Å²) in [7, 11) is 0. The molecule has 0 amide bonds. The van der Waals surface area contributed by atoms with Gasteiger partial charge in [-0.3, -0.25) is 4.79 Å². The van der Waals surface area contributed by atoms with Gasteiger partial charge < -0.3 is 0 Å². The van der Waals surface area contributed by atoms with Gasteiger partial charge in [0, 0.05) is 11.6 Å². The summed E-state index contributed by atoms with van der Waals surface area (Å²) in [5.74, 6) is -3.06. The van der Waals surface area contributed by atoms with E-state index >= 15 is 18.0 Å². The summed E-state index contributed by atoms with van der Waals surface area (Å²) in [6.07, 6.45) is -0.418. The second-order valence-corrected chi connectivity index (χ2v) is 14.9. The molecule has 1 saturated carbocycles. The smallest absolute Gasteiger partial charge is 0.219 e. The van der Waals surface area contributed by atoms with Crippen molar-refractivity contribution in [3.63, 3.8) is 0 Å². The number of hydrogen-bond donors (Lipinski definition) is 0. The number of Topliss-reactive ketones (excluding diaryl/α,β-unsaturated/α-hetero) is 1. The zero-order valence-electron chi connectivity index (χ0n) is 25.4. The van der Waals surface area contributed by atoms with E-state index in [1.165, 1.54) is 18.2 Å². The zero-order chi connectivity index (χ0) is 34.5. The number of ketones is 1. The van der Waals surface area contributed by atoms with Crippen LogP contribution in [0.1, 0.15) is 38.2 Å². The summed E-state index contributed by atoms with van der Waals surface area (Å²) in [6, 6.07) is 33.7. The van der Waals surface area contributed by atoms with Crippen molar-refractivity contribution >= 4 is 63.8 Å². The van der Waals surface area contributed by atoms with E-state index in [0.29, 0.717) is 17.2 Å². The molecule has 0 aromatic heterocycles. The monoisotopic (exact) mass is 744 g/mol. The summed E-state index contributed by atoms with van der Waals surface area (Å²) in [5, 5.41) is -1.88. The van der Waals surface area contributed by atoms with Crippen LogP contribution in [0, 0.1) is 18.6 Å². The van der Waals surface area contributed by atoms with E-state index in [1.807, 2.05) is 0 Å². The molecule has 1 fully saturated rings. The number of halogens is 8. The first kappa shape index (κ1) is 34.9. The number of aryl methyl sites for hydroxylation is 1. The van der Waals surface area contributed by atoms with Gasteiger partial charge in [-0.05, 0) is 53.3 Å². The molecule has 246 valence electrons. The van der Waals surface area contributed by atoms with Crippen LogP contribution in [0.4, 0.5) is 13.2 Å². The van der Waals surface area contributed by atoms with E-state index in [2.05, 4.69) is 0 Å². The van der Waals surface area contributed by atoms with Gasteiger partial charge in [-0.15, -0.1) is 58.0 Å². The van der Waals surface area contributed by atoms with E-state index in [-0.39, 0.29) is 22.3 Å². The normalized spacial score (nSPS) is 30.1. The minimum Gasteiger partial charge on any atom is -0.290 e. The Hall–Kier alpha value is -2.99. The fraction of sp³-hybridized carbons (Fsp3) is 0.205. The van der Waals surface area contributed by atoms with Crippen molar-refractivity contribution in [2.45, 2.75) is 43.9 Å². The third-order valence-corrected chi connectivity index (χ3v) is 13.4. The average Bonchev–Trinajstić information content (AvgIpc) is 3.10. The Morgan fingerprint density at radius 2 is 1.12 bits per heavy atom. The van der Waals surface area contributed by atoms with Crippen LogP contribution in [0.5, 0.6) is 0 Å². The molecule has 0 saturated heterocycles. The highest BCUT2D eigenvalue weighted by Crippen LogP contribution is 2.76. The third kappa shape index (κ3) is 4.86. The fourth-order valence-electron chi connectivity index (χ4n) is 7.16. The van der Waals surface area contributed by atoms with Gasteiger partial charge in [-0.2, -0.15) is 0 Å². The zero-order valence-corrected chi connectivity index (χ0v) is 29.2. The summed E-state index contributed by atoms with van der Waals surface area (Å²) < 4.78 is 50.1. The van der Waals surface area contributed by atoms with Crippen LogP contribution >= 0.6 is 58.0 Å². The van der Waals surface area contributed by atoms with Gasteiger partial charge in [-0.25, -0.2) is 13.2 Å². The van der Waals surface area contributed by atoms with Crippen molar-refractivity contribution < 1.29 is 18.0 Å².